The fourth-order valence-corrected chi connectivity index (χ4v) is 6.75. The van der Waals surface area contributed by atoms with Crippen LogP contribution in [0.4, 0.5) is 15.8 Å². The van der Waals surface area contributed by atoms with Gasteiger partial charge in [0.2, 0.25) is 10.0 Å². The largest absolute Gasteiger partial charge is 0.341 e. The summed E-state index contributed by atoms with van der Waals surface area (Å²) in [6, 6.07) is 18.9. The van der Waals surface area contributed by atoms with Crippen LogP contribution in [0.5, 0.6) is 0 Å². The molecule has 0 atom stereocenters. The first-order valence-electron chi connectivity index (χ1n) is 12.0. The van der Waals surface area contributed by atoms with Crippen molar-refractivity contribution in [1.29, 1.82) is 0 Å². The highest BCUT2D eigenvalue weighted by atomic mass is 32.2. The lowest BCUT2D eigenvalue weighted by atomic mass is 10.0. The van der Waals surface area contributed by atoms with Crippen molar-refractivity contribution in [2.75, 3.05) is 18.5 Å². The van der Waals surface area contributed by atoms with Crippen molar-refractivity contribution < 1.29 is 21.2 Å². The third-order valence-corrected chi connectivity index (χ3v) is 9.14. The van der Waals surface area contributed by atoms with Gasteiger partial charge in [-0.05, 0) is 79.5 Å². The summed E-state index contributed by atoms with van der Waals surface area (Å²) in [6.07, 6.45) is 3.06. The summed E-state index contributed by atoms with van der Waals surface area (Å²) in [5.74, 6) is -0.526. The summed E-state index contributed by atoms with van der Waals surface area (Å²) < 4.78 is 67.6. The molecule has 1 aromatic heterocycles. The molecule has 1 aliphatic rings. The lowest BCUT2D eigenvalue weighted by Crippen LogP contribution is -2.25. The van der Waals surface area contributed by atoms with Gasteiger partial charge in [0.15, 0.2) is 0 Å². The number of anilines is 2. The van der Waals surface area contributed by atoms with Gasteiger partial charge in [-0.25, -0.2) is 30.3 Å². The molecule has 0 aliphatic carbocycles. The Labute approximate surface area is 221 Å². The van der Waals surface area contributed by atoms with E-state index in [0.717, 1.165) is 22.4 Å². The Hall–Kier alpha value is -3.51. The molecular weight excluding hydrogens is 527 g/mol. The van der Waals surface area contributed by atoms with Gasteiger partial charge < -0.3 is 10.2 Å². The van der Waals surface area contributed by atoms with Gasteiger partial charge in [0.1, 0.15) is 5.82 Å². The molecule has 0 bridgehead atoms. The van der Waals surface area contributed by atoms with Crippen molar-refractivity contribution >= 4 is 31.4 Å². The Balaban J connectivity index is 1.61. The number of hydrogen-bond donors (Lipinski definition) is 2. The van der Waals surface area contributed by atoms with Crippen LogP contribution in [-0.4, -0.2) is 34.4 Å². The Morgan fingerprint density at radius 1 is 0.947 bits per heavy atom. The molecule has 3 N–H and O–H groups in total. The Morgan fingerprint density at radius 3 is 2.47 bits per heavy atom. The molecule has 0 amide bonds. The van der Waals surface area contributed by atoms with Crippen LogP contribution in [0.25, 0.3) is 11.3 Å². The molecule has 0 fully saturated rings. The number of fused-ring (bicyclic) bond motifs is 1. The van der Waals surface area contributed by atoms with Crippen LogP contribution in [0.3, 0.4) is 0 Å². The summed E-state index contributed by atoms with van der Waals surface area (Å²) in [4.78, 5) is 1.91. The molecule has 11 heteroatoms. The number of benzene rings is 3. The summed E-state index contributed by atoms with van der Waals surface area (Å²) in [7, 11) is -6.28. The number of sulfonamides is 1. The number of nitrogens with zero attached hydrogens (tertiary/aromatic N) is 2. The van der Waals surface area contributed by atoms with Crippen molar-refractivity contribution in [2.24, 2.45) is 5.14 Å². The van der Waals surface area contributed by atoms with Gasteiger partial charge in [0.05, 0.1) is 15.5 Å². The minimum Gasteiger partial charge on any atom is -0.341 e. The molecular formula is C27H27FN4O4S2. The molecule has 3 aromatic carbocycles. The average Bonchev–Trinajstić information content (AvgIpc) is 3.32. The van der Waals surface area contributed by atoms with Gasteiger partial charge in [0, 0.05) is 36.2 Å². The van der Waals surface area contributed by atoms with Crippen LogP contribution < -0.4 is 15.4 Å². The van der Waals surface area contributed by atoms with E-state index in [4.69, 9.17) is 5.14 Å². The highest BCUT2D eigenvalue weighted by Gasteiger charge is 2.26. The first-order valence-corrected chi connectivity index (χ1v) is 15.0. The van der Waals surface area contributed by atoms with Crippen LogP contribution in [0.1, 0.15) is 17.5 Å². The minimum atomic E-state index is -4.12. The molecule has 198 valence electrons. The van der Waals surface area contributed by atoms with Crippen molar-refractivity contribution in [3.05, 3.63) is 95.9 Å². The minimum absolute atomic E-state index is 0.00846. The fourth-order valence-electron chi connectivity index (χ4n) is 4.79. The fraction of sp³-hybridized carbons (Fsp3) is 0.185. The smallest absolute Gasteiger partial charge is 0.268 e. The molecule has 38 heavy (non-hydrogen) atoms. The van der Waals surface area contributed by atoms with Gasteiger partial charge in [-0.15, -0.1) is 0 Å². The second-order valence-corrected chi connectivity index (χ2v) is 12.5. The molecule has 0 radical (unpaired) electrons. The molecule has 2 heterocycles. The van der Waals surface area contributed by atoms with Gasteiger partial charge >= 0.3 is 0 Å². The normalized spacial score (nSPS) is 13.9. The third kappa shape index (κ3) is 4.85. The number of primary sulfonamides is 1. The number of nitrogens with two attached hydrogens (primary N) is 1. The van der Waals surface area contributed by atoms with Crippen molar-refractivity contribution in [3.8, 4) is 11.3 Å². The number of aryl methyl sites for hydroxylation is 1. The van der Waals surface area contributed by atoms with E-state index in [9.17, 15) is 21.2 Å². The predicted molar refractivity (Wildman–Crippen MR) is 145 cm³/mol. The highest BCUT2D eigenvalue weighted by molar-refractivity contribution is 7.90. The quantitative estimate of drug-likeness (QED) is 0.357. The molecule has 0 saturated carbocycles. The van der Waals surface area contributed by atoms with Crippen LogP contribution in [-0.2, 0) is 33.0 Å². The highest BCUT2D eigenvalue weighted by Crippen LogP contribution is 2.36. The summed E-state index contributed by atoms with van der Waals surface area (Å²) in [6.45, 7) is 0.974. The van der Waals surface area contributed by atoms with Crippen LogP contribution in [0.2, 0.25) is 0 Å². The topological polar surface area (TPSA) is 114 Å². The maximum Gasteiger partial charge on any atom is 0.268 e. The maximum atomic E-state index is 14.7. The van der Waals surface area contributed by atoms with Crippen molar-refractivity contribution in [3.63, 3.8) is 0 Å². The average molecular weight is 555 g/mol. The monoisotopic (exact) mass is 554 g/mol. The van der Waals surface area contributed by atoms with E-state index in [0.29, 0.717) is 30.0 Å². The number of rotatable bonds is 7. The molecule has 1 aliphatic heterocycles. The standard InChI is InChI=1S/C27H27FN4O4S2/c1-30-17-19-14-27(24-9-2-3-10-25(24)28)32(18-19)38(35,36)23-8-4-7-21(15-23)31-13-5-6-20-11-12-22(16-26(20)31)37(29,33)34/h2-4,7-12,14-16,18,30H,5-6,13,17H2,1H3,(H2,29,33,34). The first-order chi connectivity index (χ1) is 18.1. The van der Waals surface area contributed by atoms with Crippen LogP contribution in [0.15, 0.2) is 88.8 Å². The zero-order valence-electron chi connectivity index (χ0n) is 20.6. The zero-order chi connectivity index (χ0) is 27.1. The van der Waals surface area contributed by atoms with E-state index >= 15 is 0 Å². The SMILES string of the molecule is CNCc1cc(-c2ccccc2F)n(S(=O)(=O)c2cccc(N3CCCc4ccc(S(N)(=O)=O)cc43)c2)c1. The number of hydrogen-bond acceptors (Lipinski definition) is 6. The first kappa shape index (κ1) is 26.1. The number of halogens is 1. The van der Waals surface area contributed by atoms with Gasteiger partial charge in [-0.1, -0.05) is 24.3 Å². The maximum absolute atomic E-state index is 14.7. The van der Waals surface area contributed by atoms with E-state index < -0.39 is 25.9 Å². The van der Waals surface area contributed by atoms with Crippen molar-refractivity contribution in [1.82, 2.24) is 9.29 Å². The van der Waals surface area contributed by atoms with E-state index in [1.165, 1.54) is 30.5 Å². The second kappa shape index (κ2) is 9.99. The Morgan fingerprint density at radius 2 is 1.74 bits per heavy atom. The summed E-state index contributed by atoms with van der Waals surface area (Å²) in [5.41, 5.74) is 3.29. The van der Waals surface area contributed by atoms with Crippen LogP contribution in [0, 0.1) is 5.82 Å². The van der Waals surface area contributed by atoms with E-state index in [2.05, 4.69) is 5.32 Å². The third-order valence-electron chi connectivity index (χ3n) is 6.56. The van der Waals surface area contributed by atoms with E-state index in [-0.39, 0.29) is 21.0 Å². The predicted octanol–water partition coefficient (Wildman–Crippen LogP) is 3.98. The number of aromatic nitrogens is 1. The van der Waals surface area contributed by atoms with Gasteiger partial charge in [-0.2, -0.15) is 0 Å². The summed E-state index contributed by atoms with van der Waals surface area (Å²) in [5, 5.41) is 8.35. The van der Waals surface area contributed by atoms with E-state index in [1.807, 2.05) is 4.90 Å². The zero-order valence-corrected chi connectivity index (χ0v) is 22.3. The second-order valence-electron chi connectivity index (χ2n) is 9.13. The molecule has 0 saturated heterocycles. The van der Waals surface area contributed by atoms with Crippen molar-refractivity contribution in [2.45, 2.75) is 29.2 Å². The molecule has 5 rings (SSSR count). The Bertz CT molecular complexity index is 1730. The summed E-state index contributed by atoms with van der Waals surface area (Å²) >= 11 is 0. The molecule has 0 spiro atoms. The molecule has 4 aromatic rings. The van der Waals surface area contributed by atoms with E-state index in [1.54, 1.807) is 55.6 Å². The Kier molecular flexibility index (Phi) is 6.86. The number of nitrogens with one attached hydrogen (secondary N) is 1. The van der Waals surface area contributed by atoms with Gasteiger partial charge in [-0.3, -0.25) is 0 Å². The van der Waals surface area contributed by atoms with Gasteiger partial charge in [0.25, 0.3) is 10.0 Å². The molecule has 0 unspecified atom stereocenters. The van der Waals surface area contributed by atoms with Crippen LogP contribution >= 0.6 is 0 Å². The lowest BCUT2D eigenvalue weighted by molar-refractivity contribution is 0.587. The lowest BCUT2D eigenvalue weighted by Gasteiger charge is -2.32. The molecule has 8 nitrogen and oxygen atoms in total.